The number of aromatic carboxylic acids is 1. The molecule has 0 radical (unpaired) electrons. The molecule has 0 saturated carbocycles. The van der Waals surface area contributed by atoms with Crippen molar-refractivity contribution in [2.24, 2.45) is 0 Å². The van der Waals surface area contributed by atoms with Gasteiger partial charge in [0.1, 0.15) is 0 Å². The SMILES string of the molecule is CC(CN(C)C)NC(=O)NCCc1ccc(C(=O)O)cc1. The van der Waals surface area contributed by atoms with E-state index in [4.69, 9.17) is 5.11 Å². The minimum Gasteiger partial charge on any atom is -0.478 e. The highest BCUT2D eigenvalue weighted by atomic mass is 16.4. The molecule has 1 atom stereocenters. The molecule has 1 rings (SSSR count). The minimum absolute atomic E-state index is 0.0786. The fourth-order valence-corrected chi connectivity index (χ4v) is 2.00. The number of carboxylic acids is 1. The van der Waals surface area contributed by atoms with E-state index in [0.29, 0.717) is 13.0 Å². The lowest BCUT2D eigenvalue weighted by Gasteiger charge is -2.18. The predicted molar refractivity (Wildman–Crippen MR) is 81.7 cm³/mol. The highest BCUT2D eigenvalue weighted by Gasteiger charge is 2.07. The van der Waals surface area contributed by atoms with Crippen molar-refractivity contribution < 1.29 is 14.7 Å². The van der Waals surface area contributed by atoms with Gasteiger partial charge in [0, 0.05) is 19.1 Å². The molecule has 1 unspecified atom stereocenters. The molecule has 0 spiro atoms. The quantitative estimate of drug-likeness (QED) is 0.705. The van der Waals surface area contributed by atoms with Crippen LogP contribution in [0.15, 0.2) is 24.3 Å². The molecule has 0 aliphatic rings. The maximum atomic E-state index is 11.7. The van der Waals surface area contributed by atoms with Crippen LogP contribution in [0.5, 0.6) is 0 Å². The average molecular weight is 293 g/mol. The minimum atomic E-state index is -0.936. The number of carbonyl (C=O) groups is 2. The van der Waals surface area contributed by atoms with E-state index in [9.17, 15) is 9.59 Å². The van der Waals surface area contributed by atoms with Crippen LogP contribution in [0.3, 0.4) is 0 Å². The zero-order valence-electron chi connectivity index (χ0n) is 12.7. The number of benzene rings is 1. The molecule has 6 heteroatoms. The van der Waals surface area contributed by atoms with Crippen molar-refractivity contribution in [3.8, 4) is 0 Å². The fraction of sp³-hybridized carbons (Fsp3) is 0.467. The third-order valence-electron chi connectivity index (χ3n) is 2.92. The summed E-state index contributed by atoms with van der Waals surface area (Å²) < 4.78 is 0. The summed E-state index contributed by atoms with van der Waals surface area (Å²) in [4.78, 5) is 24.4. The number of carboxylic acid groups (broad SMARTS) is 1. The van der Waals surface area contributed by atoms with Crippen LogP contribution in [-0.2, 0) is 6.42 Å². The van der Waals surface area contributed by atoms with Gasteiger partial charge in [0.15, 0.2) is 0 Å². The molecular formula is C15H23N3O3. The van der Waals surface area contributed by atoms with Gasteiger partial charge in [-0.1, -0.05) is 12.1 Å². The van der Waals surface area contributed by atoms with Gasteiger partial charge in [-0.3, -0.25) is 0 Å². The summed E-state index contributed by atoms with van der Waals surface area (Å²) in [5, 5.41) is 14.4. The molecule has 2 amide bonds. The second-order valence-electron chi connectivity index (χ2n) is 5.32. The number of rotatable bonds is 7. The first-order chi connectivity index (χ1) is 9.88. The number of nitrogens with one attached hydrogen (secondary N) is 2. The summed E-state index contributed by atoms with van der Waals surface area (Å²) in [5.41, 5.74) is 1.25. The molecule has 116 valence electrons. The van der Waals surface area contributed by atoms with Crippen LogP contribution < -0.4 is 10.6 Å². The van der Waals surface area contributed by atoms with Gasteiger partial charge in [-0.25, -0.2) is 9.59 Å². The second-order valence-corrected chi connectivity index (χ2v) is 5.32. The van der Waals surface area contributed by atoms with Gasteiger partial charge >= 0.3 is 12.0 Å². The molecule has 21 heavy (non-hydrogen) atoms. The van der Waals surface area contributed by atoms with Crippen LogP contribution in [0, 0.1) is 0 Å². The van der Waals surface area contributed by atoms with E-state index < -0.39 is 5.97 Å². The van der Waals surface area contributed by atoms with Gasteiger partial charge in [0.05, 0.1) is 5.56 Å². The molecule has 0 saturated heterocycles. The summed E-state index contributed by atoms with van der Waals surface area (Å²) in [7, 11) is 3.91. The first-order valence-corrected chi connectivity index (χ1v) is 6.90. The van der Waals surface area contributed by atoms with Crippen LogP contribution >= 0.6 is 0 Å². The van der Waals surface area contributed by atoms with Gasteiger partial charge < -0.3 is 20.6 Å². The standard InChI is InChI=1S/C15H23N3O3/c1-11(10-18(2)3)17-15(21)16-9-8-12-4-6-13(7-5-12)14(19)20/h4-7,11H,8-10H2,1-3H3,(H,19,20)(H2,16,17,21). The van der Waals surface area contributed by atoms with E-state index in [1.165, 1.54) is 0 Å². The highest BCUT2D eigenvalue weighted by molar-refractivity contribution is 5.87. The van der Waals surface area contributed by atoms with Gasteiger partial charge in [-0.15, -0.1) is 0 Å². The van der Waals surface area contributed by atoms with Crippen molar-refractivity contribution in [2.45, 2.75) is 19.4 Å². The number of nitrogens with zero attached hydrogens (tertiary/aromatic N) is 1. The third-order valence-corrected chi connectivity index (χ3v) is 2.92. The Balaban J connectivity index is 2.29. The Kier molecular flexibility index (Phi) is 6.68. The molecule has 1 aromatic rings. The molecule has 1 aromatic carbocycles. The van der Waals surface area contributed by atoms with Crippen molar-refractivity contribution in [1.29, 1.82) is 0 Å². The first-order valence-electron chi connectivity index (χ1n) is 6.90. The van der Waals surface area contributed by atoms with Crippen molar-refractivity contribution >= 4 is 12.0 Å². The number of urea groups is 1. The van der Waals surface area contributed by atoms with Gasteiger partial charge in [0.2, 0.25) is 0 Å². The lowest BCUT2D eigenvalue weighted by atomic mass is 10.1. The molecule has 0 aliphatic heterocycles. The van der Waals surface area contributed by atoms with Gasteiger partial charge in [0.25, 0.3) is 0 Å². The van der Waals surface area contributed by atoms with Crippen LogP contribution in [0.4, 0.5) is 4.79 Å². The smallest absolute Gasteiger partial charge is 0.335 e. The topological polar surface area (TPSA) is 81.7 Å². The van der Waals surface area contributed by atoms with Crippen LogP contribution in [0.1, 0.15) is 22.8 Å². The summed E-state index contributed by atoms with van der Waals surface area (Å²) in [6.45, 7) is 3.24. The van der Waals surface area contributed by atoms with E-state index in [1.807, 2.05) is 25.9 Å². The average Bonchev–Trinajstić information content (AvgIpc) is 2.38. The summed E-state index contributed by atoms with van der Waals surface area (Å²) in [5.74, 6) is -0.936. The largest absolute Gasteiger partial charge is 0.478 e. The monoisotopic (exact) mass is 293 g/mol. The number of carbonyl (C=O) groups excluding carboxylic acids is 1. The number of hydrogen-bond donors (Lipinski definition) is 3. The number of amides is 2. The molecular weight excluding hydrogens is 270 g/mol. The van der Waals surface area contributed by atoms with Gasteiger partial charge in [-0.2, -0.15) is 0 Å². The second kappa shape index (κ2) is 8.26. The molecule has 0 aliphatic carbocycles. The molecule has 6 nitrogen and oxygen atoms in total. The summed E-state index contributed by atoms with van der Waals surface area (Å²) in [6.07, 6.45) is 0.662. The number of hydrogen-bond acceptors (Lipinski definition) is 3. The summed E-state index contributed by atoms with van der Waals surface area (Å²) >= 11 is 0. The Labute approximate surface area is 125 Å². The third kappa shape index (κ3) is 6.76. The lowest BCUT2D eigenvalue weighted by Crippen LogP contribution is -2.45. The van der Waals surface area contributed by atoms with Crippen molar-refractivity contribution in [1.82, 2.24) is 15.5 Å². The van der Waals surface area contributed by atoms with E-state index >= 15 is 0 Å². The van der Waals surface area contributed by atoms with Gasteiger partial charge in [-0.05, 0) is 45.1 Å². The Hall–Kier alpha value is -2.08. The Morgan fingerprint density at radius 3 is 2.38 bits per heavy atom. The Bertz CT molecular complexity index is 472. The number of likely N-dealkylation sites (N-methyl/N-ethyl adjacent to an activating group) is 1. The molecule has 3 N–H and O–H groups in total. The molecule has 0 aromatic heterocycles. The van der Waals surface area contributed by atoms with E-state index in [2.05, 4.69) is 10.6 Å². The van der Waals surface area contributed by atoms with Crippen molar-refractivity contribution in [2.75, 3.05) is 27.2 Å². The fourth-order valence-electron chi connectivity index (χ4n) is 2.00. The molecule has 0 bridgehead atoms. The van der Waals surface area contributed by atoms with E-state index in [1.54, 1.807) is 24.3 Å². The Morgan fingerprint density at radius 2 is 1.86 bits per heavy atom. The zero-order valence-corrected chi connectivity index (χ0v) is 12.7. The maximum Gasteiger partial charge on any atom is 0.335 e. The maximum absolute atomic E-state index is 11.7. The van der Waals surface area contributed by atoms with Crippen molar-refractivity contribution in [3.63, 3.8) is 0 Å². The zero-order chi connectivity index (χ0) is 15.8. The van der Waals surface area contributed by atoms with Crippen LogP contribution in [0.25, 0.3) is 0 Å². The van der Waals surface area contributed by atoms with Crippen LogP contribution in [0.2, 0.25) is 0 Å². The van der Waals surface area contributed by atoms with Crippen LogP contribution in [-0.4, -0.2) is 55.2 Å². The van der Waals surface area contributed by atoms with E-state index in [0.717, 1.165) is 12.1 Å². The normalized spacial score (nSPS) is 12.0. The molecule has 0 heterocycles. The summed E-state index contributed by atoms with van der Waals surface area (Å²) in [6, 6.07) is 6.55. The van der Waals surface area contributed by atoms with Crippen molar-refractivity contribution in [3.05, 3.63) is 35.4 Å². The lowest BCUT2D eigenvalue weighted by molar-refractivity contribution is 0.0697. The highest BCUT2D eigenvalue weighted by Crippen LogP contribution is 2.04. The Morgan fingerprint density at radius 1 is 1.24 bits per heavy atom. The molecule has 0 fully saturated rings. The predicted octanol–water partition coefficient (Wildman–Crippen LogP) is 1.18. The van der Waals surface area contributed by atoms with E-state index in [-0.39, 0.29) is 17.6 Å². The first kappa shape index (κ1) is 17.0.